The summed E-state index contributed by atoms with van der Waals surface area (Å²) in [7, 11) is -10.3. The number of benzene rings is 3. The molecule has 0 aliphatic heterocycles. The van der Waals surface area contributed by atoms with Gasteiger partial charge in [0, 0.05) is 12.6 Å². The van der Waals surface area contributed by atoms with Gasteiger partial charge < -0.3 is 24.6 Å². The van der Waals surface area contributed by atoms with Crippen LogP contribution in [0.1, 0.15) is 6.92 Å². The molecular weight excluding hydrogens is 512 g/mol. The molecule has 3 aromatic rings. The fourth-order valence-corrected chi connectivity index (χ4v) is 3.97. The molecule has 0 aromatic heterocycles. The van der Waals surface area contributed by atoms with Crippen molar-refractivity contribution in [2.45, 2.75) is 16.7 Å². The van der Waals surface area contributed by atoms with Gasteiger partial charge in [0.05, 0.1) is 20.9 Å². The number of nitrogens with one attached hydrogen (secondary N) is 1. The normalized spacial score (nSPS) is 11.6. The van der Waals surface area contributed by atoms with Gasteiger partial charge in [0.25, 0.3) is 0 Å². The number of fused-ring (bicyclic) bond motifs is 1. The number of anilines is 1. The van der Waals surface area contributed by atoms with Gasteiger partial charge in [-0.25, -0.2) is 16.8 Å². The molecule has 3 aromatic carbocycles. The number of carbonyl (C=O) groups is 1. The van der Waals surface area contributed by atoms with E-state index in [0.29, 0.717) is 23.9 Å². The predicted octanol–water partition coefficient (Wildman–Crippen LogP) is -3.56. The number of carbonyl (C=O) groups excluding carboxylic acids is 1. The first-order valence-electron chi connectivity index (χ1n) is 8.51. The smallest absolute Gasteiger partial charge is 0.744 e. The first kappa shape index (κ1) is 30.4. The number of aromatic hydroxyl groups is 2. The summed E-state index contributed by atoms with van der Waals surface area (Å²) in [6.07, 6.45) is 0. The van der Waals surface area contributed by atoms with E-state index in [0.717, 1.165) is 0 Å². The average molecular weight is 525 g/mol. The fourth-order valence-electron chi connectivity index (χ4n) is 2.79. The zero-order chi connectivity index (χ0) is 23.8. The number of azo groups is 1. The van der Waals surface area contributed by atoms with Crippen LogP contribution < -0.4 is 64.4 Å². The summed E-state index contributed by atoms with van der Waals surface area (Å²) in [6.45, 7) is 1.31. The van der Waals surface area contributed by atoms with Crippen LogP contribution in [0.5, 0.6) is 11.5 Å². The molecule has 0 spiro atoms. The Bertz CT molecular complexity index is 1490. The van der Waals surface area contributed by atoms with Gasteiger partial charge in [0.15, 0.2) is 5.75 Å². The summed E-state index contributed by atoms with van der Waals surface area (Å²) in [5, 5.41) is 29.6. The number of rotatable bonds is 5. The van der Waals surface area contributed by atoms with E-state index in [4.69, 9.17) is 0 Å². The summed E-state index contributed by atoms with van der Waals surface area (Å²) in [4.78, 5) is 9.10. The molecule has 3 rings (SSSR count). The Balaban J connectivity index is 0.00000289. The molecule has 0 radical (unpaired) electrons. The average Bonchev–Trinajstić information content (AvgIpc) is 2.66. The zero-order valence-corrected chi connectivity index (χ0v) is 23.6. The van der Waals surface area contributed by atoms with Crippen molar-refractivity contribution in [3.63, 3.8) is 0 Å². The second-order valence-corrected chi connectivity index (χ2v) is 9.18. The van der Waals surface area contributed by atoms with Gasteiger partial charge in [-0.15, -0.1) is 5.11 Å². The van der Waals surface area contributed by atoms with Crippen molar-refractivity contribution < 1.29 is 100 Å². The van der Waals surface area contributed by atoms with E-state index < -0.39 is 58.0 Å². The van der Waals surface area contributed by atoms with Gasteiger partial charge in [0.2, 0.25) is 5.91 Å². The molecule has 0 unspecified atom stereocenters. The van der Waals surface area contributed by atoms with E-state index in [1.54, 1.807) is 0 Å². The SMILES string of the molecule is CC(=O)Nc1ccc(N=Nc2c(S(=O)(=O)[O-])cc3cc(S(=O)(=O)[O-])cc(O)c3c2O)cc1.[Na+].[Na+]. The first-order valence-corrected chi connectivity index (χ1v) is 11.3. The van der Waals surface area contributed by atoms with Crippen molar-refractivity contribution in [3.8, 4) is 11.5 Å². The number of hydrogen-bond donors (Lipinski definition) is 3. The molecule has 0 atom stereocenters. The van der Waals surface area contributed by atoms with Crippen LogP contribution in [0.4, 0.5) is 17.1 Å². The van der Waals surface area contributed by atoms with E-state index in [9.17, 15) is 40.9 Å². The van der Waals surface area contributed by atoms with Gasteiger partial charge in [-0.1, -0.05) is 0 Å². The molecule has 168 valence electrons. The van der Waals surface area contributed by atoms with Crippen LogP contribution in [0, 0.1) is 0 Å². The van der Waals surface area contributed by atoms with E-state index >= 15 is 0 Å². The minimum absolute atomic E-state index is 0. The predicted molar refractivity (Wildman–Crippen MR) is 108 cm³/mol. The minimum Gasteiger partial charge on any atom is -0.744 e. The summed E-state index contributed by atoms with van der Waals surface area (Å²) >= 11 is 0. The Morgan fingerprint density at radius 3 is 2.00 bits per heavy atom. The number of amides is 1. The molecule has 0 fully saturated rings. The summed E-state index contributed by atoms with van der Waals surface area (Å²) in [5.74, 6) is -2.14. The van der Waals surface area contributed by atoms with Crippen LogP contribution in [-0.4, -0.2) is 42.1 Å². The topological polar surface area (TPSA) is 209 Å². The van der Waals surface area contributed by atoms with Gasteiger partial charge in [-0.3, -0.25) is 4.79 Å². The second kappa shape index (κ2) is 11.4. The van der Waals surface area contributed by atoms with Crippen molar-refractivity contribution in [1.82, 2.24) is 0 Å². The molecular formula is C18H13N3Na2O9S2. The van der Waals surface area contributed by atoms with Crippen LogP contribution in [-0.2, 0) is 25.0 Å². The molecule has 0 bridgehead atoms. The van der Waals surface area contributed by atoms with Crippen molar-refractivity contribution in [2.24, 2.45) is 10.2 Å². The quantitative estimate of drug-likeness (QED) is 0.171. The van der Waals surface area contributed by atoms with Gasteiger partial charge in [0.1, 0.15) is 31.7 Å². The van der Waals surface area contributed by atoms with Crippen molar-refractivity contribution in [2.75, 3.05) is 5.32 Å². The largest absolute Gasteiger partial charge is 1.00 e. The molecule has 12 nitrogen and oxygen atoms in total. The molecule has 0 aliphatic carbocycles. The van der Waals surface area contributed by atoms with Gasteiger partial charge in [-0.2, -0.15) is 5.11 Å². The molecule has 3 N–H and O–H groups in total. The Hall–Kier alpha value is -1.59. The van der Waals surface area contributed by atoms with Crippen molar-refractivity contribution >= 4 is 54.0 Å². The Morgan fingerprint density at radius 1 is 0.912 bits per heavy atom. The fraction of sp³-hybridized carbons (Fsp3) is 0.0556. The van der Waals surface area contributed by atoms with Crippen LogP contribution >= 0.6 is 0 Å². The van der Waals surface area contributed by atoms with E-state index in [-0.39, 0.29) is 70.7 Å². The number of nitrogens with zero attached hydrogens (tertiary/aromatic N) is 2. The van der Waals surface area contributed by atoms with Gasteiger partial charge in [-0.05, 0) is 47.9 Å². The third kappa shape index (κ3) is 6.97. The van der Waals surface area contributed by atoms with Crippen LogP contribution in [0.25, 0.3) is 10.8 Å². The molecule has 0 saturated carbocycles. The summed E-state index contributed by atoms with van der Waals surface area (Å²) in [6, 6.07) is 7.68. The maximum Gasteiger partial charge on any atom is 1.00 e. The third-order valence-electron chi connectivity index (χ3n) is 4.11. The van der Waals surface area contributed by atoms with E-state index in [1.165, 1.54) is 31.2 Å². The summed E-state index contributed by atoms with van der Waals surface area (Å²) in [5.41, 5.74) is -0.196. The Kier molecular flexibility index (Phi) is 10.2. The minimum atomic E-state index is -5.25. The van der Waals surface area contributed by atoms with E-state index in [1.807, 2.05) is 0 Å². The maximum absolute atomic E-state index is 11.7. The van der Waals surface area contributed by atoms with E-state index in [2.05, 4.69) is 15.5 Å². The Labute approximate surface area is 238 Å². The van der Waals surface area contributed by atoms with Crippen LogP contribution in [0.2, 0.25) is 0 Å². The van der Waals surface area contributed by atoms with Gasteiger partial charge >= 0.3 is 59.1 Å². The van der Waals surface area contributed by atoms with Crippen molar-refractivity contribution in [3.05, 3.63) is 42.5 Å². The summed E-state index contributed by atoms with van der Waals surface area (Å²) < 4.78 is 68.9. The molecule has 34 heavy (non-hydrogen) atoms. The third-order valence-corrected chi connectivity index (χ3v) is 5.78. The molecule has 0 aliphatic rings. The first-order chi connectivity index (χ1) is 14.8. The standard InChI is InChI=1S/C18H15N3O9S2.2Na/c1-9(22)19-11-2-4-12(5-3-11)20-21-17-15(32(28,29)30)7-10-6-13(31(25,26)27)8-14(23)16(10)18(17)24;;/h2-8,23-24H,1H3,(H,19,22)(H,25,26,27)(H,28,29,30);;/q;2*+1/p-2. The number of phenols is 2. The van der Waals surface area contributed by atoms with Crippen molar-refractivity contribution in [1.29, 1.82) is 0 Å². The molecule has 0 saturated heterocycles. The molecule has 16 heteroatoms. The second-order valence-electron chi connectivity index (χ2n) is 6.45. The Morgan fingerprint density at radius 2 is 1.50 bits per heavy atom. The van der Waals surface area contributed by atoms with Crippen LogP contribution in [0.3, 0.4) is 0 Å². The molecule has 1 amide bonds. The number of phenolic OH excluding ortho intramolecular Hbond substituents is 2. The monoisotopic (exact) mass is 525 g/mol. The zero-order valence-electron chi connectivity index (χ0n) is 18.0. The molecule has 0 heterocycles. The number of hydrogen-bond acceptors (Lipinski definition) is 11. The maximum atomic E-state index is 11.7. The van der Waals surface area contributed by atoms with Crippen LogP contribution in [0.15, 0.2) is 62.5 Å².